The Morgan fingerprint density at radius 1 is 1.52 bits per heavy atom. The van der Waals surface area contributed by atoms with E-state index >= 15 is 0 Å². The van der Waals surface area contributed by atoms with Gasteiger partial charge in [0.2, 0.25) is 17.7 Å². The normalized spacial score (nSPS) is 19.0. The fraction of sp³-hybridized carbons (Fsp3) is 0.733. The van der Waals surface area contributed by atoms with E-state index in [2.05, 4.69) is 15.5 Å². The van der Waals surface area contributed by atoms with E-state index < -0.39 is 6.04 Å². The Morgan fingerprint density at radius 3 is 2.87 bits per heavy atom. The fourth-order valence-corrected chi connectivity index (χ4v) is 2.39. The molecule has 1 aromatic rings. The largest absolute Gasteiger partial charge is 0.353 e. The lowest BCUT2D eigenvalue weighted by atomic mass is 10.1. The van der Waals surface area contributed by atoms with E-state index in [0.29, 0.717) is 31.2 Å². The maximum Gasteiger partial charge on any atom is 0.237 e. The van der Waals surface area contributed by atoms with Crippen LogP contribution in [0.4, 0.5) is 0 Å². The molecule has 23 heavy (non-hydrogen) atoms. The van der Waals surface area contributed by atoms with Crippen molar-refractivity contribution in [3.05, 3.63) is 11.7 Å². The van der Waals surface area contributed by atoms with Gasteiger partial charge in [-0.25, -0.2) is 0 Å². The molecule has 0 spiro atoms. The summed E-state index contributed by atoms with van der Waals surface area (Å²) < 4.78 is 5.14. The van der Waals surface area contributed by atoms with Crippen LogP contribution in [-0.2, 0) is 16.0 Å². The third kappa shape index (κ3) is 4.51. The number of piperazine rings is 1. The van der Waals surface area contributed by atoms with Gasteiger partial charge in [-0.1, -0.05) is 19.0 Å². The molecule has 2 heterocycles. The van der Waals surface area contributed by atoms with Gasteiger partial charge in [-0.15, -0.1) is 0 Å². The van der Waals surface area contributed by atoms with Crippen LogP contribution >= 0.6 is 0 Å². The van der Waals surface area contributed by atoms with Crippen molar-refractivity contribution in [3.63, 3.8) is 0 Å². The molecule has 0 radical (unpaired) electrons. The van der Waals surface area contributed by atoms with Gasteiger partial charge in [0.25, 0.3) is 0 Å². The van der Waals surface area contributed by atoms with E-state index in [1.165, 1.54) is 0 Å². The van der Waals surface area contributed by atoms with E-state index in [-0.39, 0.29) is 24.2 Å². The molecular formula is C15H25N5O3. The lowest BCUT2D eigenvalue weighted by molar-refractivity contribution is -0.137. The van der Waals surface area contributed by atoms with Crippen LogP contribution in [0.15, 0.2) is 4.52 Å². The summed E-state index contributed by atoms with van der Waals surface area (Å²) in [5, 5.41) is 6.71. The van der Waals surface area contributed by atoms with E-state index in [4.69, 9.17) is 4.52 Å². The average molecular weight is 323 g/mol. The van der Waals surface area contributed by atoms with Crippen molar-refractivity contribution in [1.29, 1.82) is 0 Å². The molecule has 128 valence electrons. The number of amides is 2. The summed E-state index contributed by atoms with van der Waals surface area (Å²) in [6, 6.07) is -0.392. The minimum absolute atomic E-state index is 0.0634. The number of hydrogen-bond acceptors (Lipinski definition) is 6. The Morgan fingerprint density at radius 2 is 2.26 bits per heavy atom. The Balaban J connectivity index is 1.83. The van der Waals surface area contributed by atoms with Crippen LogP contribution in [0.1, 0.15) is 37.9 Å². The Kier molecular flexibility index (Phi) is 5.70. The van der Waals surface area contributed by atoms with Crippen LogP contribution in [0.25, 0.3) is 0 Å². The van der Waals surface area contributed by atoms with Gasteiger partial charge in [0.05, 0.1) is 12.5 Å². The van der Waals surface area contributed by atoms with Crippen LogP contribution in [0.2, 0.25) is 0 Å². The molecule has 1 N–H and O–H groups in total. The summed E-state index contributed by atoms with van der Waals surface area (Å²) in [7, 11) is 3.59. The van der Waals surface area contributed by atoms with Crippen molar-refractivity contribution in [2.24, 2.45) is 0 Å². The highest BCUT2D eigenvalue weighted by Gasteiger charge is 2.30. The second-order valence-corrected chi connectivity index (χ2v) is 6.26. The number of rotatable bonds is 6. The molecule has 2 amide bonds. The first-order valence-electron chi connectivity index (χ1n) is 7.93. The van der Waals surface area contributed by atoms with Gasteiger partial charge in [-0.05, 0) is 7.05 Å². The maximum absolute atomic E-state index is 12.3. The number of nitrogens with one attached hydrogen (secondary N) is 1. The number of hydrogen-bond donors (Lipinski definition) is 1. The first-order valence-corrected chi connectivity index (χ1v) is 7.93. The van der Waals surface area contributed by atoms with Crippen LogP contribution in [0, 0.1) is 0 Å². The Labute approximate surface area is 136 Å². The monoisotopic (exact) mass is 323 g/mol. The minimum Gasteiger partial charge on any atom is -0.353 e. The average Bonchev–Trinajstić information content (AvgIpc) is 2.97. The number of likely N-dealkylation sites (N-methyl/N-ethyl adjacent to an activating group) is 2. The molecule has 1 atom stereocenters. The minimum atomic E-state index is -0.392. The summed E-state index contributed by atoms with van der Waals surface area (Å²) >= 11 is 0. The molecule has 0 bridgehead atoms. The van der Waals surface area contributed by atoms with Gasteiger partial charge in [0, 0.05) is 39.0 Å². The van der Waals surface area contributed by atoms with Gasteiger partial charge < -0.3 is 14.7 Å². The van der Waals surface area contributed by atoms with Gasteiger partial charge in [-0.3, -0.25) is 14.5 Å². The molecule has 1 fully saturated rings. The zero-order chi connectivity index (χ0) is 17.0. The third-order valence-electron chi connectivity index (χ3n) is 4.04. The summed E-state index contributed by atoms with van der Waals surface area (Å²) in [6.45, 7) is 5.85. The molecule has 8 nitrogen and oxygen atoms in total. The van der Waals surface area contributed by atoms with Crippen LogP contribution in [0.3, 0.4) is 0 Å². The molecule has 1 aliphatic heterocycles. The number of carbonyl (C=O) groups is 2. The molecular weight excluding hydrogens is 298 g/mol. The predicted octanol–water partition coefficient (Wildman–Crippen LogP) is 0.0142. The van der Waals surface area contributed by atoms with E-state index in [1.54, 1.807) is 11.9 Å². The molecule has 2 rings (SSSR count). The zero-order valence-corrected chi connectivity index (χ0v) is 14.2. The number of aromatic nitrogens is 2. The summed E-state index contributed by atoms with van der Waals surface area (Å²) in [5.74, 6) is 1.25. The molecule has 0 aromatic carbocycles. The van der Waals surface area contributed by atoms with Crippen molar-refractivity contribution in [2.45, 2.75) is 38.6 Å². The van der Waals surface area contributed by atoms with Crippen molar-refractivity contribution in [2.75, 3.05) is 33.7 Å². The highest BCUT2D eigenvalue weighted by atomic mass is 16.5. The lowest BCUT2D eigenvalue weighted by Crippen LogP contribution is -2.55. The lowest BCUT2D eigenvalue weighted by Gasteiger charge is -2.32. The van der Waals surface area contributed by atoms with Crippen LogP contribution in [-0.4, -0.2) is 71.5 Å². The SMILES string of the molecule is CC(C)c1nc(CCN(C)C(=O)CC2C(=O)NCCN2C)no1. The maximum atomic E-state index is 12.3. The second kappa shape index (κ2) is 7.54. The van der Waals surface area contributed by atoms with E-state index in [9.17, 15) is 9.59 Å². The molecule has 1 aromatic heterocycles. The first-order chi connectivity index (χ1) is 10.9. The van der Waals surface area contributed by atoms with Crippen LogP contribution < -0.4 is 5.32 Å². The van der Waals surface area contributed by atoms with Crippen molar-refractivity contribution >= 4 is 11.8 Å². The van der Waals surface area contributed by atoms with Crippen molar-refractivity contribution in [1.82, 2.24) is 25.3 Å². The molecule has 0 saturated carbocycles. The first kappa shape index (κ1) is 17.4. The Hall–Kier alpha value is -1.96. The summed E-state index contributed by atoms with van der Waals surface area (Å²) in [5.41, 5.74) is 0. The molecule has 0 aliphatic carbocycles. The Bertz CT molecular complexity index is 557. The molecule has 1 aliphatic rings. The summed E-state index contributed by atoms with van der Waals surface area (Å²) in [6.07, 6.45) is 0.716. The quantitative estimate of drug-likeness (QED) is 0.793. The van der Waals surface area contributed by atoms with Crippen molar-refractivity contribution < 1.29 is 14.1 Å². The molecule has 1 unspecified atom stereocenters. The van der Waals surface area contributed by atoms with Gasteiger partial charge in [0.15, 0.2) is 5.82 Å². The summed E-state index contributed by atoms with van der Waals surface area (Å²) in [4.78, 5) is 32.0. The zero-order valence-electron chi connectivity index (χ0n) is 14.2. The van der Waals surface area contributed by atoms with Crippen LogP contribution in [0.5, 0.6) is 0 Å². The smallest absolute Gasteiger partial charge is 0.237 e. The highest BCUT2D eigenvalue weighted by molar-refractivity contribution is 5.88. The third-order valence-corrected chi connectivity index (χ3v) is 4.04. The number of nitrogens with zero attached hydrogens (tertiary/aromatic N) is 4. The van der Waals surface area contributed by atoms with E-state index in [1.807, 2.05) is 25.8 Å². The van der Waals surface area contributed by atoms with Gasteiger partial charge in [-0.2, -0.15) is 4.98 Å². The predicted molar refractivity (Wildman–Crippen MR) is 83.8 cm³/mol. The number of carbonyl (C=O) groups excluding carboxylic acids is 2. The topological polar surface area (TPSA) is 91.6 Å². The highest BCUT2D eigenvalue weighted by Crippen LogP contribution is 2.12. The van der Waals surface area contributed by atoms with Gasteiger partial charge >= 0.3 is 0 Å². The van der Waals surface area contributed by atoms with Gasteiger partial charge in [0.1, 0.15) is 0 Å². The second-order valence-electron chi connectivity index (χ2n) is 6.26. The fourth-order valence-electron chi connectivity index (χ4n) is 2.39. The van der Waals surface area contributed by atoms with E-state index in [0.717, 1.165) is 6.54 Å². The van der Waals surface area contributed by atoms with Crippen molar-refractivity contribution in [3.8, 4) is 0 Å². The standard InChI is InChI=1S/C15H25N5O3/c1-10(2)15-17-12(18-23-15)5-7-20(4)13(21)9-11-14(22)16-6-8-19(11)3/h10-11H,5-9H2,1-4H3,(H,16,22). The molecule has 1 saturated heterocycles. The molecule has 8 heteroatoms.